The summed E-state index contributed by atoms with van der Waals surface area (Å²) in [6, 6.07) is 0.796. The minimum absolute atomic E-state index is 0.650. The summed E-state index contributed by atoms with van der Waals surface area (Å²) < 4.78 is 0.703. The largest absolute Gasteiger partial charge is 0.303 e. The van der Waals surface area contributed by atoms with Crippen LogP contribution in [0.2, 0.25) is 0 Å². The van der Waals surface area contributed by atoms with Crippen LogP contribution in [0.25, 0.3) is 0 Å². The molecule has 0 N–H and O–H groups in total. The Hall–Kier alpha value is 0.650. The first-order valence-corrected chi connectivity index (χ1v) is 7.38. The Labute approximate surface area is 108 Å². The zero-order chi connectivity index (χ0) is 11.1. The van der Waals surface area contributed by atoms with Crippen LogP contribution < -0.4 is 0 Å². The first kappa shape index (κ1) is 12.1. The third-order valence-electron chi connectivity index (χ3n) is 4.81. The lowest BCUT2D eigenvalue weighted by atomic mass is 9.73. The van der Waals surface area contributed by atoms with E-state index in [9.17, 15) is 0 Å². The van der Waals surface area contributed by atoms with Crippen LogP contribution >= 0.6 is 22.6 Å². The minimum Gasteiger partial charge on any atom is -0.303 e. The number of alkyl halides is 1. The minimum atomic E-state index is 0.650. The Balaban J connectivity index is 1.98. The standard InChI is InChI=1S/C12H23IN2/c1-10-12(4-7-14(10)3)5-8-15(9-6-12)11(2)13/h10-11H,4-9H2,1-3H3/t10-,11?/m1/s1. The molecular formula is C12H23IN2. The summed E-state index contributed by atoms with van der Waals surface area (Å²) in [5.41, 5.74) is 0.650. The molecule has 0 bridgehead atoms. The third-order valence-corrected chi connectivity index (χ3v) is 5.59. The van der Waals surface area contributed by atoms with Gasteiger partial charge in [0, 0.05) is 6.04 Å². The molecule has 88 valence electrons. The van der Waals surface area contributed by atoms with Gasteiger partial charge in [0.25, 0.3) is 0 Å². The van der Waals surface area contributed by atoms with Gasteiger partial charge in [0.05, 0.1) is 4.05 Å². The molecule has 2 saturated heterocycles. The van der Waals surface area contributed by atoms with E-state index in [0.717, 1.165) is 6.04 Å². The van der Waals surface area contributed by atoms with E-state index in [0.29, 0.717) is 9.46 Å². The van der Waals surface area contributed by atoms with Gasteiger partial charge >= 0.3 is 0 Å². The maximum atomic E-state index is 2.62. The van der Waals surface area contributed by atoms with Crippen molar-refractivity contribution in [3.05, 3.63) is 0 Å². The quantitative estimate of drug-likeness (QED) is 0.416. The lowest BCUT2D eigenvalue weighted by molar-refractivity contribution is 0.0764. The highest BCUT2D eigenvalue weighted by atomic mass is 127. The molecule has 0 radical (unpaired) electrons. The zero-order valence-electron chi connectivity index (χ0n) is 10.2. The average Bonchev–Trinajstić information content (AvgIpc) is 2.48. The molecule has 15 heavy (non-hydrogen) atoms. The van der Waals surface area contributed by atoms with Crippen LogP contribution in [0.1, 0.15) is 33.1 Å². The van der Waals surface area contributed by atoms with Crippen molar-refractivity contribution in [2.24, 2.45) is 5.41 Å². The number of halogens is 1. The predicted octanol–water partition coefficient (Wildman–Crippen LogP) is 2.57. The van der Waals surface area contributed by atoms with Crippen molar-refractivity contribution in [3.63, 3.8) is 0 Å². The Morgan fingerprint density at radius 3 is 2.13 bits per heavy atom. The van der Waals surface area contributed by atoms with Gasteiger partial charge < -0.3 is 4.90 Å². The summed E-state index contributed by atoms with van der Waals surface area (Å²) in [4.78, 5) is 5.17. The molecule has 2 fully saturated rings. The first-order chi connectivity index (χ1) is 7.05. The molecule has 2 aliphatic heterocycles. The smallest absolute Gasteiger partial charge is 0.0589 e. The fraction of sp³-hybridized carbons (Fsp3) is 1.00. The van der Waals surface area contributed by atoms with Crippen molar-refractivity contribution in [2.75, 3.05) is 26.7 Å². The van der Waals surface area contributed by atoms with Gasteiger partial charge in [-0.25, -0.2) is 0 Å². The molecule has 0 aliphatic carbocycles. The Bertz CT molecular complexity index is 222. The predicted molar refractivity (Wildman–Crippen MR) is 73.4 cm³/mol. The second kappa shape index (κ2) is 4.49. The van der Waals surface area contributed by atoms with E-state index < -0.39 is 0 Å². The van der Waals surface area contributed by atoms with Crippen molar-refractivity contribution >= 4 is 22.6 Å². The fourth-order valence-electron chi connectivity index (χ4n) is 3.26. The summed E-state index contributed by atoms with van der Waals surface area (Å²) in [5.74, 6) is 0. The molecule has 1 spiro atoms. The van der Waals surface area contributed by atoms with Gasteiger partial charge in [0.1, 0.15) is 0 Å². The van der Waals surface area contributed by atoms with Crippen LogP contribution in [0.4, 0.5) is 0 Å². The summed E-state index contributed by atoms with van der Waals surface area (Å²) >= 11 is 2.54. The van der Waals surface area contributed by atoms with Gasteiger partial charge in [-0.15, -0.1) is 0 Å². The van der Waals surface area contributed by atoms with Crippen LogP contribution in [0.15, 0.2) is 0 Å². The lowest BCUT2D eigenvalue weighted by Crippen LogP contribution is -2.46. The van der Waals surface area contributed by atoms with E-state index >= 15 is 0 Å². The van der Waals surface area contributed by atoms with Crippen LogP contribution in [0.3, 0.4) is 0 Å². The van der Waals surface area contributed by atoms with Crippen molar-refractivity contribution in [1.29, 1.82) is 0 Å². The molecule has 2 atom stereocenters. The van der Waals surface area contributed by atoms with Crippen LogP contribution in [0, 0.1) is 5.41 Å². The maximum absolute atomic E-state index is 2.62. The monoisotopic (exact) mass is 322 g/mol. The zero-order valence-corrected chi connectivity index (χ0v) is 12.3. The number of likely N-dealkylation sites (tertiary alicyclic amines) is 2. The van der Waals surface area contributed by atoms with E-state index in [2.05, 4.69) is 53.3 Å². The Kier molecular flexibility index (Phi) is 3.63. The highest BCUT2D eigenvalue weighted by Gasteiger charge is 2.45. The molecule has 0 aromatic heterocycles. The third kappa shape index (κ3) is 2.20. The summed E-state index contributed by atoms with van der Waals surface area (Å²) in [6.07, 6.45) is 4.24. The van der Waals surface area contributed by atoms with Crippen LogP contribution in [-0.4, -0.2) is 46.6 Å². The van der Waals surface area contributed by atoms with Crippen LogP contribution in [-0.2, 0) is 0 Å². The fourth-order valence-corrected chi connectivity index (χ4v) is 3.82. The molecule has 2 heterocycles. The second-order valence-electron chi connectivity index (χ2n) is 5.38. The molecule has 2 rings (SSSR count). The van der Waals surface area contributed by atoms with Crippen molar-refractivity contribution in [1.82, 2.24) is 9.80 Å². The molecule has 0 saturated carbocycles. The van der Waals surface area contributed by atoms with Crippen molar-refractivity contribution in [2.45, 2.75) is 43.2 Å². The molecule has 1 unspecified atom stereocenters. The molecule has 2 nitrogen and oxygen atoms in total. The number of rotatable bonds is 1. The topological polar surface area (TPSA) is 6.48 Å². The van der Waals surface area contributed by atoms with Crippen LogP contribution in [0.5, 0.6) is 0 Å². The Morgan fingerprint density at radius 2 is 1.73 bits per heavy atom. The van der Waals surface area contributed by atoms with E-state index in [1.165, 1.54) is 38.9 Å². The van der Waals surface area contributed by atoms with E-state index in [4.69, 9.17) is 0 Å². The summed E-state index contributed by atoms with van der Waals surface area (Å²) in [6.45, 7) is 8.66. The second-order valence-corrected chi connectivity index (χ2v) is 7.18. The van der Waals surface area contributed by atoms with E-state index in [1.54, 1.807) is 0 Å². The van der Waals surface area contributed by atoms with E-state index in [-0.39, 0.29) is 0 Å². The number of hydrogen-bond acceptors (Lipinski definition) is 2. The molecule has 3 heteroatoms. The Morgan fingerprint density at radius 1 is 1.20 bits per heavy atom. The first-order valence-electron chi connectivity index (χ1n) is 6.13. The lowest BCUT2D eigenvalue weighted by Gasteiger charge is -2.43. The number of hydrogen-bond donors (Lipinski definition) is 0. The number of piperidine rings is 1. The van der Waals surface area contributed by atoms with Gasteiger partial charge in [-0.2, -0.15) is 0 Å². The van der Waals surface area contributed by atoms with Gasteiger partial charge in [0.2, 0.25) is 0 Å². The molecule has 0 aromatic rings. The van der Waals surface area contributed by atoms with Gasteiger partial charge in [-0.05, 0) is 65.2 Å². The highest BCUT2D eigenvalue weighted by molar-refractivity contribution is 14.1. The maximum Gasteiger partial charge on any atom is 0.0589 e. The molecule has 0 amide bonds. The molecule has 2 aliphatic rings. The highest BCUT2D eigenvalue weighted by Crippen LogP contribution is 2.45. The van der Waals surface area contributed by atoms with Crippen molar-refractivity contribution in [3.8, 4) is 0 Å². The number of nitrogens with zero attached hydrogens (tertiary/aromatic N) is 2. The van der Waals surface area contributed by atoms with Gasteiger partial charge in [-0.3, -0.25) is 4.90 Å². The summed E-state index contributed by atoms with van der Waals surface area (Å²) in [5, 5.41) is 0. The van der Waals surface area contributed by atoms with Gasteiger partial charge in [-0.1, -0.05) is 22.6 Å². The van der Waals surface area contributed by atoms with Gasteiger partial charge in [0.15, 0.2) is 0 Å². The molecular weight excluding hydrogens is 299 g/mol. The van der Waals surface area contributed by atoms with Crippen molar-refractivity contribution < 1.29 is 0 Å². The summed E-state index contributed by atoms with van der Waals surface area (Å²) in [7, 11) is 2.28. The SMILES string of the molecule is CC(I)N1CCC2(CC1)CCN(C)[C@@H]2C. The normalized spacial score (nSPS) is 34.8. The average molecular weight is 322 g/mol. The van der Waals surface area contributed by atoms with E-state index in [1.807, 2.05) is 0 Å². The molecule has 0 aromatic carbocycles.